The Morgan fingerprint density at radius 1 is 0.935 bits per heavy atom. The highest BCUT2D eigenvalue weighted by Crippen LogP contribution is 2.25. The van der Waals surface area contributed by atoms with Gasteiger partial charge in [-0.2, -0.15) is 0 Å². The van der Waals surface area contributed by atoms with Gasteiger partial charge in [0.05, 0.1) is 7.11 Å². The number of ketones is 2. The smallest absolute Gasteiger partial charge is 0.160 e. The van der Waals surface area contributed by atoms with Crippen LogP contribution in [-0.2, 0) is 4.79 Å². The van der Waals surface area contributed by atoms with Gasteiger partial charge in [-0.25, -0.2) is 0 Å². The van der Waals surface area contributed by atoms with Crippen LogP contribution in [0.4, 0.5) is 0 Å². The van der Waals surface area contributed by atoms with E-state index in [0.29, 0.717) is 5.57 Å². The van der Waals surface area contributed by atoms with Crippen molar-refractivity contribution in [3.63, 3.8) is 0 Å². The van der Waals surface area contributed by atoms with E-state index < -0.39 is 0 Å². The Labute approximate surface area is 189 Å². The molecule has 0 spiro atoms. The largest absolute Gasteiger partial charge is 0.496 e. The van der Waals surface area contributed by atoms with Crippen LogP contribution in [0.15, 0.2) is 72.8 Å². The third-order valence-corrected chi connectivity index (χ3v) is 4.43. The molecule has 0 aliphatic heterocycles. The summed E-state index contributed by atoms with van der Waals surface area (Å²) >= 11 is 0. The highest BCUT2D eigenvalue weighted by Gasteiger charge is 2.03. The number of Topliss-reactive ketones (excluding diaryl/α,β-unsaturated/α-hetero) is 2. The fraction of sp³-hybridized carbons (Fsp3) is 0.286. The average Bonchev–Trinajstić information content (AvgIpc) is 2.75. The summed E-state index contributed by atoms with van der Waals surface area (Å²) < 4.78 is 5.30. The molecule has 3 heteroatoms. The average molecular weight is 423 g/mol. The first-order valence-corrected chi connectivity index (χ1v) is 10.4. The minimum absolute atomic E-state index is 0. The van der Waals surface area contributed by atoms with Gasteiger partial charge in [0.1, 0.15) is 5.75 Å². The van der Waals surface area contributed by atoms with Gasteiger partial charge in [0.25, 0.3) is 0 Å². The molecular weight excluding hydrogens is 384 g/mol. The normalized spacial score (nSPS) is 10.7. The Kier molecular flexibility index (Phi) is 13.2. The summed E-state index contributed by atoms with van der Waals surface area (Å²) in [5, 5.41) is 0. The summed E-state index contributed by atoms with van der Waals surface area (Å²) in [5.41, 5.74) is 5.75. The van der Waals surface area contributed by atoms with Gasteiger partial charge in [-0.1, -0.05) is 80.6 Å². The van der Waals surface area contributed by atoms with Crippen molar-refractivity contribution >= 4 is 17.1 Å². The van der Waals surface area contributed by atoms with Crippen molar-refractivity contribution in [2.24, 2.45) is 0 Å². The van der Waals surface area contributed by atoms with Crippen molar-refractivity contribution in [1.82, 2.24) is 0 Å². The molecule has 0 amide bonds. The van der Waals surface area contributed by atoms with Gasteiger partial charge in [-0.3, -0.25) is 9.59 Å². The van der Waals surface area contributed by atoms with Crippen LogP contribution in [-0.4, -0.2) is 18.7 Å². The Morgan fingerprint density at radius 3 is 2.03 bits per heavy atom. The van der Waals surface area contributed by atoms with Gasteiger partial charge in [-0.15, -0.1) is 0 Å². The van der Waals surface area contributed by atoms with Crippen LogP contribution < -0.4 is 4.74 Å². The summed E-state index contributed by atoms with van der Waals surface area (Å²) in [4.78, 5) is 22.2. The number of para-hydroxylation sites is 1. The topological polar surface area (TPSA) is 43.4 Å². The first-order chi connectivity index (χ1) is 14.7. The number of allylic oxidation sites excluding steroid dienone is 5. The fourth-order valence-electron chi connectivity index (χ4n) is 2.81. The van der Waals surface area contributed by atoms with E-state index in [1.165, 1.54) is 12.5 Å². The van der Waals surface area contributed by atoms with Crippen LogP contribution in [0.2, 0.25) is 0 Å². The van der Waals surface area contributed by atoms with Crippen molar-refractivity contribution in [2.75, 3.05) is 7.11 Å². The van der Waals surface area contributed by atoms with Crippen LogP contribution >= 0.6 is 0 Å². The van der Waals surface area contributed by atoms with E-state index in [4.69, 9.17) is 4.74 Å². The van der Waals surface area contributed by atoms with E-state index in [1.807, 2.05) is 83.2 Å². The summed E-state index contributed by atoms with van der Waals surface area (Å²) in [6, 6.07) is 13.7. The van der Waals surface area contributed by atoms with Crippen LogP contribution in [0.1, 0.15) is 63.1 Å². The van der Waals surface area contributed by atoms with Gasteiger partial charge in [0.15, 0.2) is 11.6 Å². The molecule has 0 unspecified atom stereocenters. The molecule has 0 N–H and O–H groups in total. The molecule has 2 rings (SSSR count). The molecule has 0 saturated carbocycles. The number of carbonyl (C=O) groups is 2. The quantitative estimate of drug-likeness (QED) is 0.274. The van der Waals surface area contributed by atoms with Crippen molar-refractivity contribution in [2.45, 2.75) is 48.5 Å². The number of aryl methyl sites for hydroxylation is 2. The van der Waals surface area contributed by atoms with E-state index in [0.717, 1.165) is 28.0 Å². The molecule has 2 aromatic rings. The van der Waals surface area contributed by atoms with Crippen molar-refractivity contribution in [3.8, 4) is 5.75 Å². The highest BCUT2D eigenvalue weighted by molar-refractivity contribution is 5.96. The van der Waals surface area contributed by atoms with E-state index in [-0.39, 0.29) is 13.0 Å². The van der Waals surface area contributed by atoms with E-state index >= 15 is 0 Å². The molecule has 0 aromatic heterocycles. The maximum atomic E-state index is 11.3. The standard InChI is InChI=1S/C16H18O2.C10H12O.C2H6.H2/c1-5-14(13(3)17)11-10-12(2)15-8-6-7-9-16(15)18-4;1-7-4-5-10(9(3)11)8(2)6-7;1-2;/h5-11H,1H2,2-4H3;4-6H,1-3H3;1-2H3;1H/b12-10+,14-11+;;;. The molecule has 168 valence electrons. The lowest BCUT2D eigenvalue weighted by Crippen LogP contribution is -1.95. The van der Waals surface area contributed by atoms with Gasteiger partial charge in [0, 0.05) is 18.1 Å². The second kappa shape index (κ2) is 14.7. The Morgan fingerprint density at radius 2 is 1.55 bits per heavy atom. The zero-order valence-corrected chi connectivity index (χ0v) is 20.2. The molecular formula is C28H38O3. The van der Waals surface area contributed by atoms with Gasteiger partial charge in [0.2, 0.25) is 0 Å². The van der Waals surface area contributed by atoms with Crippen molar-refractivity contribution in [3.05, 3.63) is 95.1 Å². The fourth-order valence-corrected chi connectivity index (χ4v) is 2.81. The third kappa shape index (κ3) is 9.43. The molecule has 0 bridgehead atoms. The van der Waals surface area contributed by atoms with Crippen LogP contribution in [0.3, 0.4) is 0 Å². The number of hydrogen-bond acceptors (Lipinski definition) is 3. The monoisotopic (exact) mass is 422 g/mol. The summed E-state index contributed by atoms with van der Waals surface area (Å²) in [7, 11) is 1.65. The minimum Gasteiger partial charge on any atom is -0.496 e. The van der Waals surface area contributed by atoms with Crippen LogP contribution in [0.25, 0.3) is 5.57 Å². The molecule has 31 heavy (non-hydrogen) atoms. The van der Waals surface area contributed by atoms with Crippen molar-refractivity contribution in [1.29, 1.82) is 0 Å². The Hall–Kier alpha value is -3.20. The number of methoxy groups -OCH3 is 1. The Balaban J connectivity index is 0. The minimum atomic E-state index is 0. The molecule has 0 fully saturated rings. The van der Waals surface area contributed by atoms with Gasteiger partial charge < -0.3 is 4.74 Å². The van der Waals surface area contributed by atoms with Gasteiger partial charge >= 0.3 is 0 Å². The zero-order valence-electron chi connectivity index (χ0n) is 20.2. The van der Waals surface area contributed by atoms with Gasteiger partial charge in [-0.05, 0) is 51.8 Å². The van der Waals surface area contributed by atoms with Crippen LogP contribution in [0, 0.1) is 13.8 Å². The van der Waals surface area contributed by atoms with E-state index in [1.54, 1.807) is 26.2 Å². The van der Waals surface area contributed by atoms with E-state index in [9.17, 15) is 9.59 Å². The zero-order chi connectivity index (χ0) is 24.0. The first-order valence-electron chi connectivity index (χ1n) is 10.4. The SMILES string of the molecule is C=C/C(=C\C=C(/C)c1ccccc1OC)C(C)=O.CC.CC(=O)c1ccc(C)cc1C.[HH]. The molecule has 0 saturated heterocycles. The molecule has 0 heterocycles. The lowest BCUT2D eigenvalue weighted by Gasteiger charge is -2.07. The predicted octanol–water partition coefficient (Wildman–Crippen LogP) is 7.58. The van der Waals surface area contributed by atoms with Crippen molar-refractivity contribution < 1.29 is 15.8 Å². The molecule has 0 aliphatic rings. The predicted molar refractivity (Wildman–Crippen MR) is 135 cm³/mol. The lowest BCUT2D eigenvalue weighted by atomic mass is 10.0. The molecule has 0 aliphatic carbocycles. The molecule has 3 nitrogen and oxygen atoms in total. The summed E-state index contributed by atoms with van der Waals surface area (Å²) in [5.74, 6) is 0.971. The maximum absolute atomic E-state index is 11.3. The van der Waals surface area contributed by atoms with Crippen LogP contribution in [0.5, 0.6) is 5.75 Å². The second-order valence-corrected chi connectivity index (χ2v) is 6.81. The Bertz CT molecular complexity index is 953. The third-order valence-electron chi connectivity index (χ3n) is 4.43. The number of carbonyl (C=O) groups excluding carboxylic acids is 2. The second-order valence-electron chi connectivity index (χ2n) is 6.81. The number of rotatable bonds is 6. The lowest BCUT2D eigenvalue weighted by molar-refractivity contribution is -0.113. The molecule has 0 atom stereocenters. The molecule has 2 aromatic carbocycles. The number of benzene rings is 2. The number of hydrogen-bond donors (Lipinski definition) is 0. The first kappa shape index (κ1) is 27.8. The number of ether oxygens (including phenoxy) is 1. The van der Waals surface area contributed by atoms with E-state index in [2.05, 4.69) is 6.58 Å². The maximum Gasteiger partial charge on any atom is 0.160 e. The molecule has 0 radical (unpaired) electrons. The summed E-state index contributed by atoms with van der Waals surface area (Å²) in [6.07, 6.45) is 5.24. The highest BCUT2D eigenvalue weighted by atomic mass is 16.5. The summed E-state index contributed by atoms with van der Waals surface area (Å²) in [6.45, 7) is 16.7.